The van der Waals surface area contributed by atoms with Crippen LogP contribution in [0.4, 0.5) is 0 Å². The van der Waals surface area contributed by atoms with Crippen molar-refractivity contribution >= 4 is 22.0 Å². The van der Waals surface area contributed by atoms with Gasteiger partial charge in [0, 0.05) is 11.0 Å². The first kappa shape index (κ1) is 10.5. The van der Waals surface area contributed by atoms with Crippen molar-refractivity contribution in [2.45, 2.75) is 13.3 Å². The maximum absolute atomic E-state index is 5.59. The normalized spacial score (nSPS) is 11.8. The van der Waals surface area contributed by atoms with Crippen LogP contribution in [-0.2, 0) is 0 Å². The summed E-state index contributed by atoms with van der Waals surface area (Å²) in [5, 5.41) is 0. The van der Waals surface area contributed by atoms with Crippen molar-refractivity contribution in [3.63, 3.8) is 0 Å². The highest BCUT2D eigenvalue weighted by atomic mass is 79.9. The average Bonchev–Trinajstić information content (AvgIpc) is 2.14. The second-order valence-electron chi connectivity index (χ2n) is 2.92. The quantitative estimate of drug-likeness (QED) is 0.862. The summed E-state index contributed by atoms with van der Waals surface area (Å²) in [5.74, 6) is 0. The average molecular weight is 240 g/mol. The molecule has 2 heteroatoms. The molecule has 0 aliphatic rings. The molecule has 1 nitrogen and oxygen atoms in total. The van der Waals surface area contributed by atoms with Crippen molar-refractivity contribution in [1.82, 2.24) is 0 Å². The second-order valence-corrected chi connectivity index (χ2v) is 3.83. The van der Waals surface area contributed by atoms with E-state index in [1.54, 1.807) is 0 Å². The van der Waals surface area contributed by atoms with Crippen molar-refractivity contribution in [1.29, 1.82) is 0 Å². The highest BCUT2D eigenvalue weighted by Gasteiger charge is 1.93. The molecule has 70 valence electrons. The minimum absolute atomic E-state index is 0.642. The van der Waals surface area contributed by atoms with Gasteiger partial charge >= 0.3 is 0 Å². The minimum atomic E-state index is 0.642. The third kappa shape index (κ3) is 3.33. The van der Waals surface area contributed by atoms with Crippen LogP contribution in [0.2, 0.25) is 0 Å². The van der Waals surface area contributed by atoms with Gasteiger partial charge in [0.05, 0.1) is 0 Å². The van der Waals surface area contributed by atoms with Crippen LogP contribution in [0.15, 0.2) is 34.3 Å². The van der Waals surface area contributed by atoms with E-state index in [9.17, 15) is 0 Å². The molecule has 0 saturated carbocycles. The monoisotopic (exact) mass is 239 g/mol. The largest absolute Gasteiger partial charge is 0.327 e. The van der Waals surface area contributed by atoms with Gasteiger partial charge in [-0.1, -0.05) is 46.6 Å². The van der Waals surface area contributed by atoms with E-state index < -0.39 is 0 Å². The molecule has 1 rings (SSSR count). The zero-order valence-electron chi connectivity index (χ0n) is 7.76. The van der Waals surface area contributed by atoms with Crippen LogP contribution in [-0.4, -0.2) is 6.54 Å². The predicted octanol–water partition coefficient (Wildman–Crippen LogP) is 3.20. The molecule has 2 N–H and O–H groups in total. The molecule has 0 radical (unpaired) electrons. The molecule has 0 spiro atoms. The van der Waals surface area contributed by atoms with Gasteiger partial charge in [-0.3, -0.25) is 0 Å². The summed E-state index contributed by atoms with van der Waals surface area (Å²) in [5.41, 5.74) is 8.07. The molecule has 0 heterocycles. The summed E-state index contributed by atoms with van der Waals surface area (Å²) in [7, 11) is 0. The van der Waals surface area contributed by atoms with Gasteiger partial charge < -0.3 is 5.73 Å². The maximum atomic E-state index is 5.59. The standard InChI is InChI=1S/C11H14BrN/c1-2-9(8-13)6-10-4-3-5-11(12)7-10/h3-7H,2,8,13H2,1H3. The van der Waals surface area contributed by atoms with E-state index in [0.29, 0.717) is 6.54 Å². The Balaban J connectivity index is 2.89. The molecule has 0 aliphatic carbocycles. The molecule has 1 aromatic rings. The van der Waals surface area contributed by atoms with Crippen LogP contribution in [0.1, 0.15) is 18.9 Å². The first-order valence-corrected chi connectivity index (χ1v) is 5.20. The predicted molar refractivity (Wildman–Crippen MR) is 61.5 cm³/mol. The lowest BCUT2D eigenvalue weighted by atomic mass is 10.1. The summed E-state index contributed by atoms with van der Waals surface area (Å²) in [6, 6.07) is 8.21. The van der Waals surface area contributed by atoms with Gasteiger partial charge in [-0.15, -0.1) is 0 Å². The van der Waals surface area contributed by atoms with Crippen LogP contribution in [0.3, 0.4) is 0 Å². The molecular weight excluding hydrogens is 226 g/mol. The van der Waals surface area contributed by atoms with Crippen molar-refractivity contribution in [2.75, 3.05) is 6.54 Å². The highest BCUT2D eigenvalue weighted by Crippen LogP contribution is 2.14. The van der Waals surface area contributed by atoms with Crippen molar-refractivity contribution < 1.29 is 0 Å². The fourth-order valence-electron chi connectivity index (χ4n) is 1.14. The topological polar surface area (TPSA) is 26.0 Å². The summed E-state index contributed by atoms with van der Waals surface area (Å²) in [6.45, 7) is 2.76. The van der Waals surface area contributed by atoms with Crippen molar-refractivity contribution in [2.24, 2.45) is 5.73 Å². The summed E-state index contributed by atoms with van der Waals surface area (Å²) >= 11 is 3.44. The Labute approximate surface area is 87.8 Å². The lowest BCUT2D eigenvalue weighted by Gasteiger charge is -2.00. The molecule has 0 atom stereocenters. The van der Waals surface area contributed by atoms with E-state index in [2.05, 4.69) is 41.1 Å². The van der Waals surface area contributed by atoms with E-state index >= 15 is 0 Å². The lowest BCUT2D eigenvalue weighted by Crippen LogP contribution is -2.01. The Morgan fingerprint density at radius 1 is 1.54 bits per heavy atom. The number of halogens is 1. The lowest BCUT2D eigenvalue weighted by molar-refractivity contribution is 1.02. The second kappa shape index (κ2) is 5.20. The third-order valence-electron chi connectivity index (χ3n) is 1.94. The SMILES string of the molecule is CCC(=Cc1cccc(Br)c1)CN. The maximum Gasteiger partial charge on any atom is 0.0181 e. The highest BCUT2D eigenvalue weighted by molar-refractivity contribution is 9.10. The molecule has 0 saturated heterocycles. The summed E-state index contributed by atoms with van der Waals surface area (Å²) < 4.78 is 1.11. The molecule has 0 amide bonds. The molecule has 0 aliphatic heterocycles. The van der Waals surface area contributed by atoms with Gasteiger partial charge in [0.25, 0.3) is 0 Å². The zero-order chi connectivity index (χ0) is 9.68. The molecule has 1 aromatic carbocycles. The van der Waals surface area contributed by atoms with Gasteiger partial charge in [-0.05, 0) is 24.1 Å². The van der Waals surface area contributed by atoms with Crippen LogP contribution in [0.5, 0.6) is 0 Å². The fraction of sp³-hybridized carbons (Fsp3) is 0.273. The Morgan fingerprint density at radius 3 is 2.85 bits per heavy atom. The Hall–Kier alpha value is -0.600. The Morgan fingerprint density at radius 2 is 2.31 bits per heavy atom. The van der Waals surface area contributed by atoms with Gasteiger partial charge in [0.2, 0.25) is 0 Å². The zero-order valence-corrected chi connectivity index (χ0v) is 9.34. The molecule has 0 fully saturated rings. The van der Waals surface area contributed by atoms with Gasteiger partial charge in [-0.2, -0.15) is 0 Å². The van der Waals surface area contributed by atoms with Crippen LogP contribution in [0.25, 0.3) is 6.08 Å². The molecule has 0 bridgehead atoms. The van der Waals surface area contributed by atoms with E-state index in [1.807, 2.05) is 12.1 Å². The van der Waals surface area contributed by atoms with Gasteiger partial charge in [0.1, 0.15) is 0 Å². The number of rotatable bonds is 3. The van der Waals surface area contributed by atoms with E-state index in [-0.39, 0.29) is 0 Å². The number of benzene rings is 1. The Kier molecular flexibility index (Phi) is 4.19. The minimum Gasteiger partial charge on any atom is -0.327 e. The fourth-order valence-corrected chi connectivity index (χ4v) is 1.55. The number of nitrogens with two attached hydrogens (primary N) is 1. The van der Waals surface area contributed by atoms with Gasteiger partial charge in [-0.25, -0.2) is 0 Å². The van der Waals surface area contributed by atoms with E-state index in [1.165, 1.54) is 11.1 Å². The number of hydrogen-bond acceptors (Lipinski definition) is 1. The van der Waals surface area contributed by atoms with E-state index in [4.69, 9.17) is 5.73 Å². The van der Waals surface area contributed by atoms with Crippen molar-refractivity contribution in [3.8, 4) is 0 Å². The van der Waals surface area contributed by atoms with Crippen LogP contribution in [0, 0.1) is 0 Å². The Bertz CT molecular complexity index is 299. The molecular formula is C11H14BrN. The molecule has 0 unspecified atom stereocenters. The van der Waals surface area contributed by atoms with Crippen molar-refractivity contribution in [3.05, 3.63) is 39.9 Å². The first-order chi connectivity index (χ1) is 6.26. The third-order valence-corrected chi connectivity index (χ3v) is 2.43. The van der Waals surface area contributed by atoms with Crippen LogP contribution < -0.4 is 5.73 Å². The smallest absolute Gasteiger partial charge is 0.0181 e. The van der Waals surface area contributed by atoms with Gasteiger partial charge in [0.15, 0.2) is 0 Å². The van der Waals surface area contributed by atoms with Crippen LogP contribution >= 0.6 is 15.9 Å². The number of hydrogen-bond donors (Lipinski definition) is 1. The first-order valence-electron chi connectivity index (χ1n) is 4.41. The summed E-state index contributed by atoms with van der Waals surface area (Å²) in [6.07, 6.45) is 3.16. The van der Waals surface area contributed by atoms with E-state index in [0.717, 1.165) is 10.9 Å². The summed E-state index contributed by atoms with van der Waals surface area (Å²) in [4.78, 5) is 0. The molecule has 13 heavy (non-hydrogen) atoms. The molecule has 0 aromatic heterocycles.